The highest BCUT2D eigenvalue weighted by Gasteiger charge is 2.42. The number of nitrogens with one attached hydrogen (secondary N) is 2. The standard InChI is InChI=1S/C15H17ClN4O3/c16-11-3-1-2-10(6-11)13-19-12(23-20-13)7-17-14(22)18-8-15(9-21)4-5-15/h1-3,6,21H,4-5,7-9H2,(H2,17,18,22). The molecule has 1 heterocycles. The van der Waals surface area contributed by atoms with Crippen molar-refractivity contribution in [2.45, 2.75) is 19.4 Å². The van der Waals surface area contributed by atoms with Crippen LogP contribution in [0.1, 0.15) is 18.7 Å². The molecule has 1 aromatic heterocycles. The molecule has 0 radical (unpaired) electrons. The van der Waals surface area contributed by atoms with Crippen LogP contribution in [0.5, 0.6) is 0 Å². The molecule has 3 rings (SSSR count). The predicted octanol–water partition coefficient (Wildman–Crippen LogP) is 1.96. The van der Waals surface area contributed by atoms with Crippen molar-refractivity contribution in [3.05, 3.63) is 35.2 Å². The number of rotatable bonds is 6. The monoisotopic (exact) mass is 336 g/mol. The summed E-state index contributed by atoms with van der Waals surface area (Å²) in [5.74, 6) is 0.723. The number of aliphatic hydroxyl groups is 1. The van der Waals surface area contributed by atoms with Crippen LogP contribution in [0, 0.1) is 5.41 Å². The minimum absolute atomic E-state index is 0.0972. The highest BCUT2D eigenvalue weighted by molar-refractivity contribution is 6.30. The largest absolute Gasteiger partial charge is 0.396 e. The number of carbonyl (C=O) groups is 1. The van der Waals surface area contributed by atoms with Crippen molar-refractivity contribution < 1.29 is 14.4 Å². The van der Waals surface area contributed by atoms with Crippen LogP contribution in [0.15, 0.2) is 28.8 Å². The summed E-state index contributed by atoms with van der Waals surface area (Å²) in [5, 5.41) is 19.0. The third-order valence-electron chi connectivity index (χ3n) is 3.87. The van der Waals surface area contributed by atoms with E-state index in [1.54, 1.807) is 18.2 Å². The van der Waals surface area contributed by atoms with Crippen LogP contribution in [0.4, 0.5) is 4.79 Å². The number of aliphatic hydroxyl groups excluding tert-OH is 1. The average Bonchev–Trinajstić information content (AvgIpc) is 3.19. The van der Waals surface area contributed by atoms with E-state index in [1.807, 2.05) is 6.07 Å². The van der Waals surface area contributed by atoms with Crippen LogP contribution in [0.2, 0.25) is 5.02 Å². The number of hydrogen-bond acceptors (Lipinski definition) is 5. The summed E-state index contributed by atoms with van der Waals surface area (Å²) in [7, 11) is 0. The van der Waals surface area contributed by atoms with Crippen LogP contribution in [-0.2, 0) is 6.54 Å². The van der Waals surface area contributed by atoms with Gasteiger partial charge in [0.25, 0.3) is 0 Å². The second-order valence-corrected chi connectivity index (χ2v) is 6.15. The van der Waals surface area contributed by atoms with Gasteiger partial charge in [0.05, 0.1) is 13.2 Å². The Morgan fingerprint density at radius 1 is 1.39 bits per heavy atom. The van der Waals surface area contributed by atoms with Crippen molar-refractivity contribution in [3.8, 4) is 11.4 Å². The Balaban J connectivity index is 1.50. The zero-order chi connectivity index (χ0) is 16.3. The number of carbonyl (C=O) groups excluding carboxylic acids is 1. The first-order valence-electron chi connectivity index (χ1n) is 7.31. The molecule has 1 aliphatic rings. The summed E-state index contributed by atoms with van der Waals surface area (Å²) in [4.78, 5) is 15.9. The molecule has 1 aromatic carbocycles. The lowest BCUT2D eigenvalue weighted by atomic mass is 10.1. The molecular weight excluding hydrogens is 320 g/mol. The minimum atomic E-state index is -0.327. The maximum absolute atomic E-state index is 11.7. The van der Waals surface area contributed by atoms with Gasteiger partial charge in [-0.1, -0.05) is 28.9 Å². The molecule has 0 saturated heterocycles. The second-order valence-electron chi connectivity index (χ2n) is 5.72. The van der Waals surface area contributed by atoms with E-state index in [2.05, 4.69) is 20.8 Å². The fourth-order valence-electron chi connectivity index (χ4n) is 2.13. The summed E-state index contributed by atoms with van der Waals surface area (Å²) in [6.45, 7) is 0.693. The van der Waals surface area contributed by atoms with E-state index in [4.69, 9.17) is 16.1 Å². The summed E-state index contributed by atoms with van der Waals surface area (Å²) < 4.78 is 5.10. The third kappa shape index (κ3) is 4.00. The Bertz CT molecular complexity index is 700. The molecule has 1 aliphatic carbocycles. The first-order chi connectivity index (χ1) is 11.1. The van der Waals surface area contributed by atoms with Gasteiger partial charge in [-0.2, -0.15) is 4.98 Å². The molecule has 8 heteroatoms. The van der Waals surface area contributed by atoms with Gasteiger partial charge >= 0.3 is 6.03 Å². The topological polar surface area (TPSA) is 100 Å². The highest BCUT2D eigenvalue weighted by atomic mass is 35.5. The molecule has 2 aromatic rings. The molecule has 1 fully saturated rings. The van der Waals surface area contributed by atoms with E-state index < -0.39 is 0 Å². The van der Waals surface area contributed by atoms with Crippen molar-refractivity contribution in [2.75, 3.05) is 13.2 Å². The van der Waals surface area contributed by atoms with Crippen LogP contribution in [-0.4, -0.2) is 34.4 Å². The smallest absolute Gasteiger partial charge is 0.315 e. The maximum atomic E-state index is 11.7. The molecule has 0 unspecified atom stereocenters. The number of urea groups is 1. The SMILES string of the molecule is O=C(NCc1nc(-c2cccc(Cl)c2)no1)NCC1(CO)CC1. The zero-order valence-corrected chi connectivity index (χ0v) is 13.1. The van der Waals surface area contributed by atoms with Gasteiger partial charge in [0.1, 0.15) is 0 Å². The molecule has 0 aliphatic heterocycles. The molecule has 3 N–H and O–H groups in total. The van der Waals surface area contributed by atoms with Crippen LogP contribution >= 0.6 is 11.6 Å². The number of halogens is 1. The van der Waals surface area contributed by atoms with E-state index in [9.17, 15) is 9.90 Å². The fourth-order valence-corrected chi connectivity index (χ4v) is 2.32. The third-order valence-corrected chi connectivity index (χ3v) is 4.10. The minimum Gasteiger partial charge on any atom is -0.396 e. The molecule has 0 bridgehead atoms. The van der Waals surface area contributed by atoms with Crippen molar-refractivity contribution in [2.24, 2.45) is 5.41 Å². The number of nitrogens with zero attached hydrogens (tertiary/aromatic N) is 2. The lowest BCUT2D eigenvalue weighted by molar-refractivity contribution is 0.202. The zero-order valence-electron chi connectivity index (χ0n) is 12.4. The molecule has 0 atom stereocenters. The van der Waals surface area contributed by atoms with Crippen molar-refractivity contribution in [3.63, 3.8) is 0 Å². The number of aromatic nitrogens is 2. The molecular formula is C15H17ClN4O3. The maximum Gasteiger partial charge on any atom is 0.315 e. The van der Waals surface area contributed by atoms with Crippen LogP contribution in [0.25, 0.3) is 11.4 Å². The molecule has 122 valence electrons. The van der Waals surface area contributed by atoms with Crippen molar-refractivity contribution >= 4 is 17.6 Å². The molecule has 7 nitrogen and oxygen atoms in total. The van der Waals surface area contributed by atoms with Gasteiger partial charge in [0, 0.05) is 22.5 Å². The second kappa shape index (κ2) is 6.55. The lowest BCUT2D eigenvalue weighted by Gasteiger charge is -2.12. The van der Waals surface area contributed by atoms with Gasteiger partial charge in [-0.15, -0.1) is 0 Å². The van der Waals surface area contributed by atoms with Gasteiger partial charge in [0.2, 0.25) is 11.7 Å². The summed E-state index contributed by atoms with van der Waals surface area (Å²) >= 11 is 5.92. The summed E-state index contributed by atoms with van der Waals surface area (Å²) in [6.07, 6.45) is 1.88. The molecule has 2 amide bonds. The normalized spacial score (nSPS) is 15.2. The number of benzene rings is 1. The van der Waals surface area contributed by atoms with Crippen LogP contribution < -0.4 is 10.6 Å². The Hall–Kier alpha value is -2.12. The van der Waals surface area contributed by atoms with Gasteiger partial charge in [0.15, 0.2) is 0 Å². The number of amides is 2. The Kier molecular flexibility index (Phi) is 4.49. The van der Waals surface area contributed by atoms with E-state index in [-0.39, 0.29) is 24.6 Å². The Morgan fingerprint density at radius 3 is 2.91 bits per heavy atom. The lowest BCUT2D eigenvalue weighted by Crippen LogP contribution is -2.39. The fraction of sp³-hybridized carbons (Fsp3) is 0.400. The molecule has 23 heavy (non-hydrogen) atoms. The van der Waals surface area contributed by atoms with E-state index in [0.29, 0.717) is 23.3 Å². The predicted molar refractivity (Wildman–Crippen MR) is 83.7 cm³/mol. The Morgan fingerprint density at radius 2 is 2.22 bits per heavy atom. The summed E-state index contributed by atoms with van der Waals surface area (Å²) in [6, 6.07) is 6.79. The van der Waals surface area contributed by atoms with E-state index in [0.717, 1.165) is 18.4 Å². The van der Waals surface area contributed by atoms with Crippen molar-refractivity contribution in [1.82, 2.24) is 20.8 Å². The average molecular weight is 337 g/mol. The first kappa shape index (κ1) is 15.8. The number of hydrogen-bond donors (Lipinski definition) is 3. The van der Waals surface area contributed by atoms with Gasteiger partial charge in [-0.05, 0) is 25.0 Å². The van der Waals surface area contributed by atoms with Crippen molar-refractivity contribution in [1.29, 1.82) is 0 Å². The van der Waals surface area contributed by atoms with Gasteiger partial charge < -0.3 is 20.3 Å². The van der Waals surface area contributed by atoms with Crippen LogP contribution in [0.3, 0.4) is 0 Å². The first-order valence-corrected chi connectivity index (χ1v) is 7.69. The van der Waals surface area contributed by atoms with E-state index in [1.165, 1.54) is 0 Å². The van der Waals surface area contributed by atoms with E-state index >= 15 is 0 Å². The highest BCUT2D eigenvalue weighted by Crippen LogP contribution is 2.44. The summed E-state index contributed by atoms with van der Waals surface area (Å²) in [5.41, 5.74) is 0.622. The molecule has 0 spiro atoms. The van der Waals surface area contributed by atoms with Gasteiger partial charge in [-0.25, -0.2) is 4.79 Å². The van der Waals surface area contributed by atoms with Gasteiger partial charge in [-0.3, -0.25) is 0 Å². The quantitative estimate of drug-likeness (QED) is 0.748. The Labute approximate surface area is 138 Å². The molecule has 1 saturated carbocycles.